The largest absolute Gasteiger partial charge is 0.433 e. The van der Waals surface area contributed by atoms with Gasteiger partial charge in [-0.25, -0.2) is 9.50 Å². The van der Waals surface area contributed by atoms with E-state index in [-0.39, 0.29) is 23.4 Å². The van der Waals surface area contributed by atoms with E-state index in [1.54, 1.807) is 6.07 Å². The van der Waals surface area contributed by atoms with Crippen molar-refractivity contribution in [1.29, 1.82) is 0 Å². The summed E-state index contributed by atoms with van der Waals surface area (Å²) in [6.45, 7) is 10.5. The average molecular weight is 396 g/mol. The molecule has 3 heterocycles. The van der Waals surface area contributed by atoms with Crippen LogP contribution in [-0.2, 0) is 11.0 Å². The van der Waals surface area contributed by atoms with Gasteiger partial charge in [-0.2, -0.15) is 18.3 Å². The summed E-state index contributed by atoms with van der Waals surface area (Å²) in [6.07, 6.45) is -3.13. The van der Waals surface area contributed by atoms with Gasteiger partial charge in [0, 0.05) is 36.2 Å². The summed E-state index contributed by atoms with van der Waals surface area (Å²) in [6, 6.07) is 2.74. The summed E-state index contributed by atoms with van der Waals surface area (Å²) in [4.78, 5) is 18.6. The first-order valence-corrected chi connectivity index (χ1v) is 9.65. The molecule has 0 aromatic carbocycles. The molecule has 5 nitrogen and oxygen atoms in total. The van der Waals surface area contributed by atoms with Crippen LogP contribution in [0.3, 0.4) is 0 Å². The standard InChI is InChI=1S/C20H27F3N4O/c1-12(2)14-10-16(20(21,22)23)27-17(24-14)11-15(25-27)13-6-8-26(9-7-13)18(28)19(3,4)5/h10-13H,6-9H2,1-5H3. The Morgan fingerprint density at radius 2 is 1.75 bits per heavy atom. The SMILES string of the molecule is CC(C)c1cc(C(F)(F)F)n2nc(C3CCN(C(=O)C(C)(C)C)CC3)cc2n1. The van der Waals surface area contributed by atoms with Crippen molar-refractivity contribution in [3.63, 3.8) is 0 Å². The Bertz CT molecular complexity index is 872. The van der Waals surface area contributed by atoms with E-state index in [1.165, 1.54) is 0 Å². The summed E-state index contributed by atoms with van der Waals surface area (Å²) >= 11 is 0. The summed E-state index contributed by atoms with van der Waals surface area (Å²) in [5.74, 6) is 0.00829. The first kappa shape index (κ1) is 20.6. The van der Waals surface area contributed by atoms with Gasteiger partial charge in [0.15, 0.2) is 5.65 Å². The number of aromatic nitrogens is 3. The number of alkyl halides is 3. The molecule has 28 heavy (non-hydrogen) atoms. The van der Waals surface area contributed by atoms with Gasteiger partial charge in [-0.15, -0.1) is 0 Å². The van der Waals surface area contributed by atoms with E-state index >= 15 is 0 Å². The third-order valence-corrected chi connectivity index (χ3v) is 5.19. The number of carbonyl (C=O) groups is 1. The Hall–Kier alpha value is -2.12. The lowest BCUT2D eigenvalue weighted by Crippen LogP contribution is -2.43. The third-order valence-electron chi connectivity index (χ3n) is 5.19. The molecule has 0 unspecified atom stereocenters. The van der Waals surface area contributed by atoms with E-state index in [0.717, 1.165) is 10.6 Å². The van der Waals surface area contributed by atoms with Crippen molar-refractivity contribution >= 4 is 11.6 Å². The van der Waals surface area contributed by atoms with Crippen LogP contribution in [0.4, 0.5) is 13.2 Å². The first-order chi connectivity index (χ1) is 12.9. The molecule has 0 spiro atoms. The molecule has 0 bridgehead atoms. The molecule has 8 heteroatoms. The zero-order valence-corrected chi connectivity index (χ0v) is 17.0. The number of amides is 1. The van der Waals surface area contributed by atoms with E-state index in [2.05, 4.69) is 10.1 Å². The number of nitrogens with zero attached hydrogens (tertiary/aromatic N) is 4. The number of fused-ring (bicyclic) bond motifs is 1. The number of hydrogen-bond donors (Lipinski definition) is 0. The van der Waals surface area contributed by atoms with E-state index in [1.807, 2.05) is 39.5 Å². The molecule has 2 aromatic heterocycles. The van der Waals surface area contributed by atoms with Crippen molar-refractivity contribution in [1.82, 2.24) is 19.5 Å². The highest BCUT2D eigenvalue weighted by molar-refractivity contribution is 5.81. The van der Waals surface area contributed by atoms with Gasteiger partial charge in [-0.3, -0.25) is 4.79 Å². The summed E-state index contributed by atoms with van der Waals surface area (Å²) < 4.78 is 41.5. The highest BCUT2D eigenvalue weighted by Gasteiger charge is 2.36. The minimum absolute atomic E-state index is 0.0225. The van der Waals surface area contributed by atoms with Crippen LogP contribution in [0.1, 0.15) is 76.4 Å². The molecule has 1 fully saturated rings. The fraction of sp³-hybridized carbons (Fsp3) is 0.650. The molecule has 1 amide bonds. The van der Waals surface area contributed by atoms with E-state index in [0.29, 0.717) is 37.3 Å². The third kappa shape index (κ3) is 4.00. The molecule has 1 aliphatic rings. The summed E-state index contributed by atoms with van der Waals surface area (Å²) in [5, 5.41) is 4.25. The quantitative estimate of drug-likeness (QED) is 0.744. The number of rotatable bonds is 2. The number of halogens is 3. The molecule has 0 aliphatic carbocycles. The lowest BCUT2D eigenvalue weighted by molar-refractivity contribution is -0.143. The Morgan fingerprint density at radius 1 is 1.14 bits per heavy atom. The normalized spacial score (nSPS) is 17.0. The molecule has 1 aliphatic heterocycles. The van der Waals surface area contributed by atoms with Crippen LogP contribution in [0, 0.1) is 5.41 Å². The Kier molecular flexibility index (Phi) is 5.18. The van der Waals surface area contributed by atoms with Crippen molar-refractivity contribution in [3.8, 4) is 0 Å². The van der Waals surface area contributed by atoms with Crippen LogP contribution in [0.25, 0.3) is 5.65 Å². The smallest absolute Gasteiger partial charge is 0.342 e. The van der Waals surface area contributed by atoms with Gasteiger partial charge in [0.2, 0.25) is 5.91 Å². The van der Waals surface area contributed by atoms with Crippen molar-refractivity contribution < 1.29 is 18.0 Å². The Balaban J connectivity index is 1.88. The molecule has 2 aromatic rings. The van der Waals surface area contributed by atoms with Crippen LogP contribution >= 0.6 is 0 Å². The predicted octanol–water partition coefficient (Wildman–Crippen LogP) is 4.62. The minimum Gasteiger partial charge on any atom is -0.342 e. The van der Waals surface area contributed by atoms with Crippen LogP contribution in [0.2, 0.25) is 0 Å². The van der Waals surface area contributed by atoms with Crippen molar-refractivity contribution in [2.75, 3.05) is 13.1 Å². The highest BCUT2D eigenvalue weighted by Crippen LogP contribution is 2.34. The Morgan fingerprint density at radius 3 is 2.25 bits per heavy atom. The molecule has 154 valence electrons. The van der Waals surface area contributed by atoms with E-state index in [4.69, 9.17) is 0 Å². The summed E-state index contributed by atoms with van der Waals surface area (Å²) in [7, 11) is 0. The zero-order chi connectivity index (χ0) is 20.9. The van der Waals surface area contributed by atoms with Crippen molar-refractivity contribution in [2.45, 2.75) is 65.5 Å². The second kappa shape index (κ2) is 7.04. The molecule has 0 atom stereocenters. The second-order valence-electron chi connectivity index (χ2n) is 8.87. The number of carbonyl (C=O) groups excluding carboxylic acids is 1. The maximum atomic E-state index is 13.5. The maximum absolute atomic E-state index is 13.5. The fourth-order valence-corrected chi connectivity index (χ4v) is 3.56. The second-order valence-corrected chi connectivity index (χ2v) is 8.87. The molecule has 0 N–H and O–H groups in total. The van der Waals surface area contributed by atoms with Gasteiger partial charge in [-0.1, -0.05) is 34.6 Å². The van der Waals surface area contributed by atoms with Gasteiger partial charge in [0.25, 0.3) is 0 Å². The van der Waals surface area contributed by atoms with Crippen LogP contribution in [0.5, 0.6) is 0 Å². The highest BCUT2D eigenvalue weighted by atomic mass is 19.4. The molecular weight excluding hydrogens is 369 g/mol. The van der Waals surface area contributed by atoms with Gasteiger partial charge < -0.3 is 4.90 Å². The monoisotopic (exact) mass is 396 g/mol. The van der Waals surface area contributed by atoms with Gasteiger partial charge in [-0.05, 0) is 24.8 Å². The average Bonchev–Trinajstić information content (AvgIpc) is 3.02. The lowest BCUT2D eigenvalue weighted by atomic mass is 9.90. The molecule has 1 saturated heterocycles. The fourth-order valence-electron chi connectivity index (χ4n) is 3.56. The van der Waals surface area contributed by atoms with E-state index < -0.39 is 17.3 Å². The zero-order valence-electron chi connectivity index (χ0n) is 17.0. The van der Waals surface area contributed by atoms with E-state index in [9.17, 15) is 18.0 Å². The van der Waals surface area contributed by atoms with Crippen LogP contribution < -0.4 is 0 Å². The molecule has 0 radical (unpaired) electrons. The number of likely N-dealkylation sites (tertiary alicyclic amines) is 1. The first-order valence-electron chi connectivity index (χ1n) is 9.65. The van der Waals surface area contributed by atoms with Gasteiger partial charge in [0.1, 0.15) is 5.69 Å². The maximum Gasteiger partial charge on any atom is 0.433 e. The van der Waals surface area contributed by atoms with Crippen LogP contribution in [-0.4, -0.2) is 38.5 Å². The molecule has 3 rings (SSSR count). The number of piperidine rings is 1. The molecule has 0 saturated carbocycles. The number of hydrogen-bond acceptors (Lipinski definition) is 3. The topological polar surface area (TPSA) is 50.5 Å². The lowest BCUT2D eigenvalue weighted by Gasteiger charge is -2.35. The predicted molar refractivity (Wildman–Crippen MR) is 100 cm³/mol. The van der Waals surface area contributed by atoms with Crippen molar-refractivity contribution in [2.24, 2.45) is 5.41 Å². The van der Waals surface area contributed by atoms with Crippen LogP contribution in [0.15, 0.2) is 12.1 Å². The summed E-state index contributed by atoms with van der Waals surface area (Å²) in [5.41, 5.74) is 0.00229. The molecular formula is C20H27F3N4O. The Labute approximate surface area is 162 Å². The van der Waals surface area contributed by atoms with Gasteiger partial charge in [0.05, 0.1) is 5.69 Å². The minimum atomic E-state index is -4.50. The van der Waals surface area contributed by atoms with Crippen molar-refractivity contribution in [3.05, 3.63) is 29.2 Å². The van der Waals surface area contributed by atoms with Gasteiger partial charge >= 0.3 is 6.18 Å².